The van der Waals surface area contributed by atoms with Crippen molar-refractivity contribution in [3.05, 3.63) is 0 Å². The van der Waals surface area contributed by atoms with Crippen LogP contribution >= 0.6 is 0 Å². The zero-order chi connectivity index (χ0) is 4.12. The van der Waals surface area contributed by atoms with Crippen molar-refractivity contribution in [1.82, 2.24) is 0 Å². The minimum Gasteiger partial charge on any atom is -0.120 e. The molecule has 6 heavy (non-hydrogen) atoms. The standard InChI is InChI=1S/C5H8.Cu/c1-3-5-4-2;/h1H,4-5H2,2H3;/q;+1. The van der Waals surface area contributed by atoms with E-state index < -0.39 is 0 Å². The van der Waals surface area contributed by atoms with E-state index in [-0.39, 0.29) is 17.1 Å². The summed E-state index contributed by atoms with van der Waals surface area (Å²) in [5.74, 6) is 2.52. The van der Waals surface area contributed by atoms with Crippen molar-refractivity contribution in [1.29, 1.82) is 0 Å². The molecule has 0 aliphatic heterocycles. The van der Waals surface area contributed by atoms with Gasteiger partial charge >= 0.3 is 17.1 Å². The fourth-order valence-corrected chi connectivity index (χ4v) is 0.144. The van der Waals surface area contributed by atoms with Gasteiger partial charge in [-0.05, 0) is 6.42 Å². The van der Waals surface area contributed by atoms with Crippen LogP contribution in [-0.4, -0.2) is 0 Å². The Morgan fingerprint density at radius 2 is 2.17 bits per heavy atom. The summed E-state index contributed by atoms with van der Waals surface area (Å²) >= 11 is 0. The molecule has 0 bridgehead atoms. The van der Waals surface area contributed by atoms with Gasteiger partial charge < -0.3 is 0 Å². The molecule has 0 unspecified atom stereocenters. The van der Waals surface area contributed by atoms with Crippen LogP contribution in [0.15, 0.2) is 0 Å². The van der Waals surface area contributed by atoms with E-state index in [0.717, 1.165) is 12.8 Å². The maximum absolute atomic E-state index is 4.89. The molecule has 0 N–H and O–H groups in total. The van der Waals surface area contributed by atoms with Gasteiger partial charge in [-0.15, -0.1) is 12.3 Å². The Morgan fingerprint density at radius 3 is 2.17 bits per heavy atom. The Balaban J connectivity index is 0. The molecule has 0 spiro atoms. The van der Waals surface area contributed by atoms with Crippen LogP contribution in [0.3, 0.4) is 0 Å². The Bertz CT molecular complexity index is 42.4. The summed E-state index contributed by atoms with van der Waals surface area (Å²) < 4.78 is 0. The molecule has 0 amide bonds. The maximum atomic E-state index is 4.89. The van der Waals surface area contributed by atoms with E-state index in [1.165, 1.54) is 0 Å². The first kappa shape index (κ1) is 9.43. The quantitative estimate of drug-likeness (QED) is 0.373. The van der Waals surface area contributed by atoms with Crippen molar-refractivity contribution in [2.75, 3.05) is 0 Å². The van der Waals surface area contributed by atoms with Gasteiger partial charge in [0.25, 0.3) is 0 Å². The second kappa shape index (κ2) is 8.91. The van der Waals surface area contributed by atoms with Gasteiger partial charge in [-0.3, -0.25) is 0 Å². The second-order valence-corrected chi connectivity index (χ2v) is 0.954. The summed E-state index contributed by atoms with van der Waals surface area (Å²) in [6, 6.07) is 0. The third-order valence-electron chi connectivity index (χ3n) is 0.394. The predicted molar refractivity (Wildman–Crippen MR) is 23.7 cm³/mol. The van der Waals surface area contributed by atoms with Crippen LogP contribution in [0, 0.1) is 12.3 Å². The number of terminal acetylenes is 1. The summed E-state index contributed by atoms with van der Waals surface area (Å²) in [7, 11) is 0. The molecule has 38 valence electrons. The molecule has 0 aromatic heterocycles. The fourth-order valence-electron chi connectivity index (χ4n) is 0.144. The van der Waals surface area contributed by atoms with Gasteiger partial charge in [0.05, 0.1) is 0 Å². The van der Waals surface area contributed by atoms with Crippen LogP contribution in [0.5, 0.6) is 0 Å². The Labute approximate surface area is 49.8 Å². The van der Waals surface area contributed by atoms with E-state index in [1.807, 2.05) is 0 Å². The molecule has 0 rings (SSSR count). The van der Waals surface area contributed by atoms with Gasteiger partial charge in [0.15, 0.2) is 0 Å². The number of unbranched alkanes of at least 4 members (excludes halogenated alkanes) is 1. The average Bonchev–Trinajstić information content (AvgIpc) is 1.41. The van der Waals surface area contributed by atoms with Crippen LogP contribution in [0.4, 0.5) is 0 Å². The average molecular weight is 132 g/mol. The van der Waals surface area contributed by atoms with Gasteiger partial charge in [0, 0.05) is 6.42 Å². The Kier molecular flexibility index (Phi) is 14.0. The summed E-state index contributed by atoms with van der Waals surface area (Å²) in [5.41, 5.74) is 0. The van der Waals surface area contributed by atoms with Crippen molar-refractivity contribution in [2.24, 2.45) is 0 Å². The third-order valence-corrected chi connectivity index (χ3v) is 0.394. The minimum atomic E-state index is 0. The first-order chi connectivity index (χ1) is 2.41. The number of hydrogen-bond acceptors (Lipinski definition) is 0. The summed E-state index contributed by atoms with van der Waals surface area (Å²) in [6.07, 6.45) is 6.91. The first-order valence-corrected chi connectivity index (χ1v) is 1.85. The van der Waals surface area contributed by atoms with Crippen LogP contribution in [0.25, 0.3) is 0 Å². The SMILES string of the molecule is C#CCCC.[Cu+]. The predicted octanol–water partition coefficient (Wildman–Crippen LogP) is 1.42. The van der Waals surface area contributed by atoms with Crippen molar-refractivity contribution < 1.29 is 17.1 Å². The van der Waals surface area contributed by atoms with Crippen molar-refractivity contribution in [3.63, 3.8) is 0 Å². The number of hydrogen-bond donors (Lipinski definition) is 0. The topological polar surface area (TPSA) is 0 Å². The minimum absolute atomic E-state index is 0. The molecule has 0 nitrogen and oxygen atoms in total. The number of rotatable bonds is 1. The van der Waals surface area contributed by atoms with E-state index in [4.69, 9.17) is 6.42 Å². The van der Waals surface area contributed by atoms with Crippen molar-refractivity contribution >= 4 is 0 Å². The fraction of sp³-hybridized carbons (Fsp3) is 0.600. The molecule has 0 saturated heterocycles. The largest absolute Gasteiger partial charge is 1.00 e. The second-order valence-electron chi connectivity index (χ2n) is 0.954. The van der Waals surface area contributed by atoms with Gasteiger partial charge in [0.2, 0.25) is 0 Å². The summed E-state index contributed by atoms with van der Waals surface area (Å²) in [5, 5.41) is 0. The van der Waals surface area contributed by atoms with Crippen LogP contribution in [0.2, 0.25) is 0 Å². The van der Waals surface area contributed by atoms with Crippen LogP contribution < -0.4 is 0 Å². The molecule has 1 heteroatoms. The van der Waals surface area contributed by atoms with E-state index in [1.54, 1.807) is 0 Å². The molecule has 0 atom stereocenters. The molecule has 0 aromatic rings. The third kappa shape index (κ3) is 8.95. The van der Waals surface area contributed by atoms with Crippen molar-refractivity contribution in [3.8, 4) is 12.3 Å². The van der Waals surface area contributed by atoms with Crippen molar-refractivity contribution in [2.45, 2.75) is 19.8 Å². The van der Waals surface area contributed by atoms with E-state index in [0.29, 0.717) is 0 Å². The zero-order valence-electron chi connectivity index (χ0n) is 3.79. The van der Waals surface area contributed by atoms with Crippen LogP contribution in [0.1, 0.15) is 19.8 Å². The van der Waals surface area contributed by atoms with Gasteiger partial charge in [-0.25, -0.2) is 0 Å². The van der Waals surface area contributed by atoms with Crippen LogP contribution in [-0.2, 0) is 17.1 Å². The molecule has 0 aliphatic rings. The maximum Gasteiger partial charge on any atom is 1.00 e. The normalized spacial score (nSPS) is 5.33. The molecule has 0 fully saturated rings. The molecule has 0 aromatic carbocycles. The summed E-state index contributed by atoms with van der Waals surface area (Å²) in [4.78, 5) is 0. The first-order valence-electron chi connectivity index (χ1n) is 1.85. The van der Waals surface area contributed by atoms with Gasteiger partial charge in [-0.1, -0.05) is 6.92 Å². The Hall–Kier alpha value is 0.0795. The molecule has 0 saturated carbocycles. The monoisotopic (exact) mass is 131 g/mol. The molecule has 0 aliphatic carbocycles. The Morgan fingerprint density at radius 1 is 1.67 bits per heavy atom. The van der Waals surface area contributed by atoms with E-state index >= 15 is 0 Å². The van der Waals surface area contributed by atoms with E-state index in [2.05, 4.69) is 12.8 Å². The van der Waals surface area contributed by atoms with Gasteiger partial charge in [-0.2, -0.15) is 0 Å². The van der Waals surface area contributed by atoms with Gasteiger partial charge in [0.1, 0.15) is 0 Å². The molecular weight excluding hydrogens is 124 g/mol. The summed E-state index contributed by atoms with van der Waals surface area (Å²) in [6.45, 7) is 2.07. The molecular formula is C5H8Cu+. The zero-order valence-corrected chi connectivity index (χ0v) is 4.73. The molecule has 0 radical (unpaired) electrons. The smallest absolute Gasteiger partial charge is 0.120 e. The molecule has 0 heterocycles. The van der Waals surface area contributed by atoms with E-state index in [9.17, 15) is 0 Å².